The lowest BCUT2D eigenvalue weighted by Gasteiger charge is -2.20. The molecular weight excluding hydrogens is 344 g/mol. The lowest BCUT2D eigenvalue weighted by molar-refractivity contribution is -0.125. The third-order valence-corrected chi connectivity index (χ3v) is 4.94. The highest BCUT2D eigenvalue weighted by Gasteiger charge is 2.35. The summed E-state index contributed by atoms with van der Waals surface area (Å²) in [4.78, 5) is 12.9. The Bertz CT molecular complexity index is 918. The van der Waals surface area contributed by atoms with Crippen LogP contribution in [0, 0.1) is 5.92 Å². The minimum atomic E-state index is -0.317. The van der Waals surface area contributed by atoms with E-state index in [9.17, 15) is 4.79 Å². The number of carbonyl (C=O) groups is 1. The van der Waals surface area contributed by atoms with Gasteiger partial charge >= 0.3 is 0 Å². The summed E-state index contributed by atoms with van der Waals surface area (Å²) in [5, 5.41) is 22.6. The van der Waals surface area contributed by atoms with Crippen LogP contribution in [-0.4, -0.2) is 49.0 Å². The van der Waals surface area contributed by atoms with Gasteiger partial charge in [0.1, 0.15) is 0 Å². The van der Waals surface area contributed by atoms with E-state index in [2.05, 4.69) is 31.3 Å². The van der Waals surface area contributed by atoms with E-state index in [0.717, 1.165) is 17.8 Å². The van der Waals surface area contributed by atoms with Crippen LogP contribution >= 0.6 is 0 Å². The van der Waals surface area contributed by atoms with Gasteiger partial charge in [-0.1, -0.05) is 18.2 Å². The molecule has 4 rings (SSSR count). The maximum absolute atomic E-state index is 12.9. The molecule has 9 nitrogen and oxygen atoms in total. The Morgan fingerprint density at radius 1 is 1.30 bits per heavy atom. The number of nitrogens with one attached hydrogen (secondary N) is 2. The highest BCUT2D eigenvalue weighted by molar-refractivity contribution is 5.80. The summed E-state index contributed by atoms with van der Waals surface area (Å²) in [6.07, 6.45) is 3.80. The molecule has 140 valence electrons. The second-order valence-corrected chi connectivity index (χ2v) is 6.83. The normalized spacial score (nSPS) is 20.5. The predicted molar refractivity (Wildman–Crippen MR) is 98.0 cm³/mol. The van der Waals surface area contributed by atoms with Gasteiger partial charge in [0.05, 0.1) is 23.8 Å². The molecule has 3 heterocycles. The van der Waals surface area contributed by atoms with Crippen LogP contribution in [0.3, 0.4) is 0 Å². The van der Waals surface area contributed by atoms with Crippen molar-refractivity contribution in [1.82, 2.24) is 40.6 Å². The summed E-state index contributed by atoms with van der Waals surface area (Å²) >= 11 is 0. The highest BCUT2D eigenvalue weighted by atomic mass is 16.2. The van der Waals surface area contributed by atoms with Gasteiger partial charge in [0.2, 0.25) is 5.91 Å². The van der Waals surface area contributed by atoms with Gasteiger partial charge < -0.3 is 10.6 Å². The quantitative estimate of drug-likeness (QED) is 0.685. The van der Waals surface area contributed by atoms with Gasteiger partial charge in [-0.15, -0.1) is 5.10 Å². The number of benzene rings is 1. The van der Waals surface area contributed by atoms with Crippen LogP contribution in [0.5, 0.6) is 0 Å². The molecule has 27 heavy (non-hydrogen) atoms. The number of aromatic nitrogens is 6. The third kappa shape index (κ3) is 3.45. The largest absolute Gasteiger partial charge is 0.346 e. The number of hydrogen-bond acceptors (Lipinski definition) is 6. The number of carbonyl (C=O) groups excluding carboxylic acids is 1. The van der Waals surface area contributed by atoms with Gasteiger partial charge in [0.15, 0.2) is 5.82 Å². The summed E-state index contributed by atoms with van der Waals surface area (Å²) in [6, 6.07) is 9.31. The number of para-hydroxylation sites is 1. The molecule has 3 aromatic rings. The monoisotopic (exact) mass is 366 g/mol. The highest BCUT2D eigenvalue weighted by Crippen LogP contribution is 2.28. The van der Waals surface area contributed by atoms with E-state index in [-0.39, 0.29) is 23.8 Å². The molecule has 2 N–H and O–H groups in total. The number of aryl methyl sites for hydroxylation is 1. The fourth-order valence-electron chi connectivity index (χ4n) is 3.54. The van der Waals surface area contributed by atoms with Gasteiger partial charge in [-0.25, -0.2) is 0 Å². The molecule has 0 saturated carbocycles. The Hall–Kier alpha value is -3.07. The van der Waals surface area contributed by atoms with Crippen molar-refractivity contribution >= 4 is 5.91 Å². The number of hydrogen-bond donors (Lipinski definition) is 2. The van der Waals surface area contributed by atoms with Crippen LogP contribution in [0.1, 0.15) is 30.3 Å². The Balaban J connectivity index is 1.49. The molecule has 1 saturated heterocycles. The molecular formula is C18H22N8O. The SMILES string of the molecule is CC(NC(=O)[C@H]1CNC[C@@H]1c1cnn(C)c1)c1nnnn1-c1ccccc1. The Kier molecular flexibility index (Phi) is 4.68. The molecule has 1 aliphatic rings. The van der Waals surface area contributed by atoms with Crippen molar-refractivity contribution in [2.75, 3.05) is 13.1 Å². The van der Waals surface area contributed by atoms with E-state index in [1.54, 1.807) is 9.36 Å². The van der Waals surface area contributed by atoms with Crippen molar-refractivity contribution in [1.29, 1.82) is 0 Å². The second-order valence-electron chi connectivity index (χ2n) is 6.83. The lowest BCUT2D eigenvalue weighted by Crippen LogP contribution is -2.36. The van der Waals surface area contributed by atoms with Crippen molar-refractivity contribution in [2.24, 2.45) is 13.0 Å². The molecule has 3 atom stereocenters. The standard InChI is InChI=1S/C18H22N8O/c1-12(17-22-23-24-26(17)14-6-4-3-5-7-14)21-18(27)16-10-19-9-15(16)13-8-20-25(2)11-13/h3-8,11-12,15-16,19H,9-10H2,1-2H3,(H,21,27)/t12?,15-,16+/m1/s1. The molecule has 0 spiro atoms. The van der Waals surface area contributed by atoms with Gasteiger partial charge in [0, 0.05) is 32.3 Å². The zero-order chi connectivity index (χ0) is 18.8. The fourth-order valence-corrected chi connectivity index (χ4v) is 3.54. The molecule has 9 heteroatoms. The number of tetrazole rings is 1. The molecule has 1 unspecified atom stereocenters. The van der Waals surface area contributed by atoms with Crippen LogP contribution in [0.25, 0.3) is 5.69 Å². The van der Waals surface area contributed by atoms with Crippen molar-refractivity contribution in [3.8, 4) is 5.69 Å². The summed E-state index contributed by atoms with van der Waals surface area (Å²) in [6.45, 7) is 3.30. The third-order valence-electron chi connectivity index (χ3n) is 4.94. The smallest absolute Gasteiger partial charge is 0.225 e. The molecule has 0 aliphatic carbocycles. The second kappa shape index (κ2) is 7.28. The van der Waals surface area contributed by atoms with Crippen LogP contribution < -0.4 is 10.6 Å². The summed E-state index contributed by atoms with van der Waals surface area (Å²) in [7, 11) is 1.88. The predicted octanol–water partition coefficient (Wildman–Crippen LogP) is 0.576. The van der Waals surface area contributed by atoms with Gasteiger partial charge in [0.25, 0.3) is 0 Å². The molecule has 1 aliphatic heterocycles. The summed E-state index contributed by atoms with van der Waals surface area (Å²) in [5.41, 5.74) is 1.93. The molecule has 0 radical (unpaired) electrons. The van der Waals surface area contributed by atoms with E-state index in [0.29, 0.717) is 12.4 Å². The van der Waals surface area contributed by atoms with Crippen LogP contribution in [0.15, 0.2) is 42.7 Å². The van der Waals surface area contributed by atoms with Gasteiger partial charge in [-0.05, 0) is 35.0 Å². The Morgan fingerprint density at radius 3 is 2.85 bits per heavy atom. The maximum atomic E-state index is 12.9. The van der Waals surface area contributed by atoms with Crippen LogP contribution in [0.2, 0.25) is 0 Å². The minimum absolute atomic E-state index is 0.0102. The average molecular weight is 366 g/mol. The molecule has 0 bridgehead atoms. The zero-order valence-electron chi connectivity index (χ0n) is 15.3. The van der Waals surface area contributed by atoms with E-state index < -0.39 is 0 Å². The first kappa shape index (κ1) is 17.3. The van der Waals surface area contributed by atoms with Crippen molar-refractivity contribution in [2.45, 2.75) is 18.9 Å². The van der Waals surface area contributed by atoms with Gasteiger partial charge in [-0.2, -0.15) is 9.78 Å². The van der Waals surface area contributed by atoms with Crippen molar-refractivity contribution in [3.63, 3.8) is 0 Å². The number of rotatable bonds is 5. The van der Waals surface area contributed by atoms with E-state index >= 15 is 0 Å². The zero-order valence-corrected chi connectivity index (χ0v) is 15.3. The maximum Gasteiger partial charge on any atom is 0.225 e. The van der Waals surface area contributed by atoms with Crippen molar-refractivity contribution in [3.05, 3.63) is 54.1 Å². The average Bonchev–Trinajstić information content (AvgIpc) is 3.42. The Labute approximate surface area is 156 Å². The number of nitrogens with zero attached hydrogens (tertiary/aromatic N) is 6. The first-order chi connectivity index (χ1) is 13.1. The van der Waals surface area contributed by atoms with Crippen LogP contribution in [-0.2, 0) is 11.8 Å². The van der Waals surface area contributed by atoms with Crippen LogP contribution in [0.4, 0.5) is 0 Å². The van der Waals surface area contributed by atoms with Crippen molar-refractivity contribution < 1.29 is 4.79 Å². The van der Waals surface area contributed by atoms with E-state index in [1.165, 1.54) is 0 Å². The lowest BCUT2D eigenvalue weighted by atomic mass is 9.90. The fraction of sp³-hybridized carbons (Fsp3) is 0.389. The first-order valence-electron chi connectivity index (χ1n) is 8.97. The topological polar surface area (TPSA) is 103 Å². The first-order valence-corrected chi connectivity index (χ1v) is 8.97. The minimum Gasteiger partial charge on any atom is -0.346 e. The Morgan fingerprint density at radius 2 is 2.11 bits per heavy atom. The molecule has 1 aromatic carbocycles. The van der Waals surface area contributed by atoms with E-state index in [4.69, 9.17) is 0 Å². The summed E-state index contributed by atoms with van der Waals surface area (Å²) < 4.78 is 3.41. The molecule has 1 amide bonds. The van der Waals surface area contributed by atoms with E-state index in [1.807, 2.05) is 56.7 Å². The summed E-state index contributed by atoms with van der Waals surface area (Å²) in [5.74, 6) is 0.538. The molecule has 2 aromatic heterocycles. The molecule has 1 fully saturated rings. The number of amides is 1. The van der Waals surface area contributed by atoms with Gasteiger partial charge in [-0.3, -0.25) is 9.48 Å².